The maximum Gasteiger partial charge on any atom is 0.409 e. The molecule has 0 unspecified atom stereocenters. The van der Waals surface area contributed by atoms with Crippen molar-refractivity contribution in [3.8, 4) is 16.9 Å². The van der Waals surface area contributed by atoms with Crippen LogP contribution in [0, 0.1) is 0 Å². The Hall–Kier alpha value is -2.00. The largest absolute Gasteiger partial charge is 0.410 e. The monoisotopic (exact) mass is 247 g/mol. The van der Waals surface area contributed by atoms with Gasteiger partial charge in [0.2, 0.25) is 0 Å². The van der Waals surface area contributed by atoms with E-state index in [1.807, 2.05) is 24.3 Å². The van der Waals surface area contributed by atoms with E-state index in [-0.39, 0.29) is 0 Å². The average Bonchev–Trinajstić information content (AvgIpc) is 2.30. The van der Waals surface area contributed by atoms with Crippen LogP contribution in [0.25, 0.3) is 11.1 Å². The second-order valence-corrected chi connectivity index (χ2v) is 3.86. The molecule has 0 bridgehead atoms. The van der Waals surface area contributed by atoms with Crippen molar-refractivity contribution in [2.24, 2.45) is 5.73 Å². The van der Waals surface area contributed by atoms with E-state index in [0.29, 0.717) is 10.8 Å². The maximum atomic E-state index is 10.8. The van der Waals surface area contributed by atoms with Gasteiger partial charge in [0.05, 0.1) is 0 Å². The molecule has 2 aromatic rings. The Kier molecular flexibility index (Phi) is 3.30. The Balaban J connectivity index is 2.44. The van der Waals surface area contributed by atoms with Crippen molar-refractivity contribution in [3.05, 3.63) is 53.6 Å². The highest BCUT2D eigenvalue weighted by Crippen LogP contribution is 2.30. The lowest BCUT2D eigenvalue weighted by molar-refractivity contribution is 0.211. The lowest BCUT2D eigenvalue weighted by Gasteiger charge is -2.08. The summed E-state index contributed by atoms with van der Waals surface area (Å²) in [5.74, 6) is 0.433. The molecule has 0 fully saturated rings. The Bertz CT molecular complexity index is 537. The molecule has 0 heterocycles. The van der Waals surface area contributed by atoms with Gasteiger partial charge in [-0.3, -0.25) is 0 Å². The first-order valence-corrected chi connectivity index (χ1v) is 5.37. The van der Waals surface area contributed by atoms with Crippen LogP contribution in [-0.4, -0.2) is 6.09 Å². The minimum atomic E-state index is -0.827. The molecule has 0 atom stereocenters. The van der Waals surface area contributed by atoms with Gasteiger partial charge in [-0.25, -0.2) is 4.79 Å². The summed E-state index contributed by atoms with van der Waals surface area (Å²) in [6.07, 6.45) is -0.827. The topological polar surface area (TPSA) is 52.3 Å². The van der Waals surface area contributed by atoms with E-state index in [4.69, 9.17) is 22.1 Å². The third kappa shape index (κ3) is 2.77. The number of amides is 1. The van der Waals surface area contributed by atoms with Crippen LogP contribution in [0.15, 0.2) is 48.5 Å². The Morgan fingerprint density at radius 2 is 1.71 bits per heavy atom. The van der Waals surface area contributed by atoms with Crippen molar-refractivity contribution in [2.45, 2.75) is 0 Å². The highest BCUT2D eigenvalue weighted by molar-refractivity contribution is 6.30. The molecule has 17 heavy (non-hydrogen) atoms. The summed E-state index contributed by atoms with van der Waals surface area (Å²) in [5.41, 5.74) is 6.72. The summed E-state index contributed by atoms with van der Waals surface area (Å²) in [7, 11) is 0. The highest BCUT2D eigenvalue weighted by atomic mass is 35.5. The van der Waals surface area contributed by atoms with Crippen molar-refractivity contribution in [1.29, 1.82) is 0 Å². The second-order valence-electron chi connectivity index (χ2n) is 3.42. The van der Waals surface area contributed by atoms with Crippen LogP contribution < -0.4 is 10.5 Å². The van der Waals surface area contributed by atoms with Crippen LogP contribution in [0.2, 0.25) is 5.02 Å². The van der Waals surface area contributed by atoms with Gasteiger partial charge < -0.3 is 10.5 Å². The van der Waals surface area contributed by atoms with E-state index in [0.717, 1.165) is 11.1 Å². The predicted octanol–water partition coefficient (Wildman–Crippen LogP) is 3.46. The molecule has 2 rings (SSSR count). The molecule has 0 aliphatic rings. The van der Waals surface area contributed by atoms with E-state index < -0.39 is 6.09 Å². The van der Waals surface area contributed by atoms with E-state index in [9.17, 15) is 4.79 Å². The number of nitrogens with two attached hydrogens (primary N) is 1. The lowest BCUT2D eigenvalue weighted by Crippen LogP contribution is -2.16. The van der Waals surface area contributed by atoms with Crippen LogP contribution >= 0.6 is 11.6 Å². The van der Waals surface area contributed by atoms with Gasteiger partial charge in [0.1, 0.15) is 5.75 Å². The van der Waals surface area contributed by atoms with Crippen molar-refractivity contribution in [1.82, 2.24) is 0 Å². The maximum absolute atomic E-state index is 10.8. The molecule has 0 saturated heterocycles. The van der Waals surface area contributed by atoms with Crippen molar-refractivity contribution in [3.63, 3.8) is 0 Å². The quantitative estimate of drug-likeness (QED) is 0.884. The Morgan fingerprint density at radius 1 is 1.06 bits per heavy atom. The number of benzene rings is 2. The van der Waals surface area contributed by atoms with Gasteiger partial charge in [0.15, 0.2) is 0 Å². The zero-order valence-corrected chi connectivity index (χ0v) is 9.65. The van der Waals surface area contributed by atoms with E-state index in [2.05, 4.69) is 0 Å². The normalized spacial score (nSPS) is 9.94. The summed E-state index contributed by atoms with van der Waals surface area (Å²) in [5, 5.41) is 0.655. The fourth-order valence-electron chi connectivity index (χ4n) is 1.53. The van der Waals surface area contributed by atoms with E-state index in [1.54, 1.807) is 24.3 Å². The fraction of sp³-hybridized carbons (Fsp3) is 0. The summed E-state index contributed by atoms with van der Waals surface area (Å²) >= 11 is 5.82. The number of carbonyl (C=O) groups excluding carboxylic acids is 1. The zero-order valence-electron chi connectivity index (χ0n) is 8.89. The number of carbonyl (C=O) groups is 1. The van der Waals surface area contributed by atoms with E-state index in [1.165, 1.54) is 0 Å². The van der Waals surface area contributed by atoms with Gasteiger partial charge >= 0.3 is 6.09 Å². The molecule has 0 aromatic heterocycles. The first-order valence-electron chi connectivity index (χ1n) is 4.99. The number of para-hydroxylation sites is 1. The molecule has 0 spiro atoms. The molecule has 1 amide bonds. The minimum absolute atomic E-state index is 0.433. The minimum Gasteiger partial charge on any atom is -0.410 e. The van der Waals surface area contributed by atoms with Crippen LogP contribution in [0.4, 0.5) is 4.79 Å². The molecular weight excluding hydrogens is 238 g/mol. The Morgan fingerprint density at radius 3 is 2.35 bits per heavy atom. The molecule has 4 heteroatoms. The number of primary amides is 1. The predicted molar refractivity (Wildman–Crippen MR) is 67.1 cm³/mol. The SMILES string of the molecule is NC(=O)Oc1ccccc1-c1ccc(Cl)cc1. The molecule has 0 aliphatic heterocycles. The summed E-state index contributed by atoms with van der Waals surface area (Å²) < 4.78 is 4.94. The van der Waals surface area contributed by atoms with E-state index >= 15 is 0 Å². The van der Waals surface area contributed by atoms with Gasteiger partial charge in [-0.05, 0) is 23.8 Å². The third-order valence-corrected chi connectivity index (χ3v) is 2.50. The summed E-state index contributed by atoms with van der Waals surface area (Å²) in [6.45, 7) is 0. The molecular formula is C13H10ClNO2. The van der Waals surface area contributed by atoms with Gasteiger partial charge in [-0.1, -0.05) is 41.9 Å². The summed E-state index contributed by atoms with van der Waals surface area (Å²) in [6, 6.07) is 14.4. The smallest absolute Gasteiger partial charge is 0.409 e. The van der Waals surface area contributed by atoms with Crippen LogP contribution in [0.3, 0.4) is 0 Å². The van der Waals surface area contributed by atoms with Gasteiger partial charge in [0, 0.05) is 10.6 Å². The fourth-order valence-corrected chi connectivity index (χ4v) is 1.66. The van der Waals surface area contributed by atoms with Crippen LogP contribution in [0.1, 0.15) is 0 Å². The molecule has 3 nitrogen and oxygen atoms in total. The average molecular weight is 248 g/mol. The standard InChI is InChI=1S/C13H10ClNO2/c14-10-7-5-9(6-8-10)11-3-1-2-4-12(11)17-13(15)16/h1-8H,(H2,15,16). The van der Waals surface area contributed by atoms with Crippen LogP contribution in [0.5, 0.6) is 5.75 Å². The summed E-state index contributed by atoms with van der Waals surface area (Å²) in [4.78, 5) is 10.8. The molecule has 2 aromatic carbocycles. The molecule has 86 valence electrons. The Labute approximate surface area is 104 Å². The van der Waals surface area contributed by atoms with Crippen LogP contribution in [-0.2, 0) is 0 Å². The molecule has 0 aliphatic carbocycles. The lowest BCUT2D eigenvalue weighted by atomic mass is 10.1. The molecule has 2 N–H and O–H groups in total. The first-order chi connectivity index (χ1) is 8.16. The highest BCUT2D eigenvalue weighted by Gasteiger charge is 2.07. The van der Waals surface area contributed by atoms with Gasteiger partial charge in [-0.2, -0.15) is 0 Å². The molecule has 0 radical (unpaired) electrons. The van der Waals surface area contributed by atoms with Crippen molar-refractivity contribution in [2.75, 3.05) is 0 Å². The first kappa shape index (κ1) is 11.5. The number of hydrogen-bond acceptors (Lipinski definition) is 2. The second kappa shape index (κ2) is 4.89. The molecule has 0 saturated carbocycles. The van der Waals surface area contributed by atoms with Crippen molar-refractivity contribution < 1.29 is 9.53 Å². The zero-order chi connectivity index (χ0) is 12.3. The number of rotatable bonds is 2. The van der Waals surface area contributed by atoms with Gasteiger partial charge in [-0.15, -0.1) is 0 Å². The number of halogens is 1. The number of ether oxygens (including phenoxy) is 1. The third-order valence-electron chi connectivity index (χ3n) is 2.25. The number of hydrogen-bond donors (Lipinski definition) is 1. The van der Waals surface area contributed by atoms with Gasteiger partial charge in [0.25, 0.3) is 0 Å². The van der Waals surface area contributed by atoms with Crippen molar-refractivity contribution >= 4 is 17.7 Å².